The van der Waals surface area contributed by atoms with E-state index in [2.05, 4.69) is 5.32 Å². The fourth-order valence-corrected chi connectivity index (χ4v) is 3.64. The van der Waals surface area contributed by atoms with E-state index in [9.17, 15) is 9.59 Å². The van der Waals surface area contributed by atoms with Crippen molar-refractivity contribution < 1.29 is 14.3 Å². The van der Waals surface area contributed by atoms with Crippen LogP contribution in [0.2, 0.25) is 0 Å². The molecule has 1 heterocycles. The van der Waals surface area contributed by atoms with Crippen molar-refractivity contribution in [2.75, 3.05) is 24.2 Å². The molecule has 1 aliphatic carbocycles. The van der Waals surface area contributed by atoms with Crippen LogP contribution < -0.4 is 16.8 Å². The lowest BCUT2D eigenvalue weighted by Crippen LogP contribution is -2.17. The van der Waals surface area contributed by atoms with Gasteiger partial charge in [-0.15, -0.1) is 11.3 Å². The largest absolute Gasteiger partial charge is 0.462 e. The summed E-state index contributed by atoms with van der Waals surface area (Å²) in [7, 11) is 0. The molecule has 5 N–H and O–H groups in total. The molecule has 6 nitrogen and oxygen atoms in total. The Bertz CT molecular complexity index is 536. The Labute approximate surface area is 127 Å². The minimum absolute atomic E-state index is 0.111. The summed E-state index contributed by atoms with van der Waals surface area (Å²) in [6, 6.07) is 0. The van der Waals surface area contributed by atoms with E-state index < -0.39 is 11.9 Å². The first-order valence-corrected chi connectivity index (χ1v) is 7.99. The lowest BCUT2D eigenvalue weighted by atomic mass is 10.1. The Balaban J connectivity index is 2.19. The van der Waals surface area contributed by atoms with Crippen LogP contribution in [0.5, 0.6) is 0 Å². The Morgan fingerprint density at radius 2 is 2.05 bits per heavy atom. The van der Waals surface area contributed by atoms with Gasteiger partial charge in [0.2, 0.25) is 0 Å². The molecule has 1 aliphatic rings. The number of ether oxygens (including phenoxy) is 1. The van der Waals surface area contributed by atoms with Gasteiger partial charge < -0.3 is 21.5 Å². The topological polar surface area (TPSA) is 107 Å². The average molecular weight is 311 g/mol. The van der Waals surface area contributed by atoms with Crippen molar-refractivity contribution in [3.8, 4) is 0 Å². The van der Waals surface area contributed by atoms with Gasteiger partial charge in [-0.2, -0.15) is 0 Å². The van der Waals surface area contributed by atoms with Crippen molar-refractivity contribution in [3.05, 3.63) is 10.4 Å². The van der Waals surface area contributed by atoms with Crippen molar-refractivity contribution in [1.29, 1.82) is 0 Å². The van der Waals surface area contributed by atoms with Gasteiger partial charge in [-0.25, -0.2) is 4.79 Å². The zero-order valence-corrected chi connectivity index (χ0v) is 12.9. The molecule has 1 aromatic heterocycles. The molecule has 7 heteroatoms. The summed E-state index contributed by atoms with van der Waals surface area (Å²) in [6.45, 7) is 2.74. The van der Waals surface area contributed by atoms with E-state index in [4.69, 9.17) is 16.2 Å². The third-order valence-electron chi connectivity index (χ3n) is 3.68. The number of anilines is 2. The standard InChI is InChI=1S/C14H21N3O3S/c1-2-20-14(19)11-10(15)9(12(16)18)13(21-11)17-7-8-5-3-4-6-8/h8,17H,2-7,15H2,1H3,(H2,16,18). The van der Waals surface area contributed by atoms with Gasteiger partial charge in [0.05, 0.1) is 17.9 Å². The second-order valence-electron chi connectivity index (χ2n) is 5.17. The van der Waals surface area contributed by atoms with Crippen molar-refractivity contribution in [1.82, 2.24) is 0 Å². The van der Waals surface area contributed by atoms with E-state index >= 15 is 0 Å². The number of carbonyl (C=O) groups excluding carboxylic acids is 2. The summed E-state index contributed by atoms with van der Waals surface area (Å²) in [5.41, 5.74) is 11.6. The van der Waals surface area contributed by atoms with Crippen LogP contribution >= 0.6 is 11.3 Å². The van der Waals surface area contributed by atoms with E-state index in [-0.39, 0.29) is 22.7 Å². The van der Waals surface area contributed by atoms with Crippen LogP contribution in [0.3, 0.4) is 0 Å². The second-order valence-corrected chi connectivity index (χ2v) is 6.19. The average Bonchev–Trinajstić information content (AvgIpc) is 3.03. The van der Waals surface area contributed by atoms with Gasteiger partial charge in [-0.1, -0.05) is 12.8 Å². The molecule has 0 unspecified atom stereocenters. The monoisotopic (exact) mass is 311 g/mol. The van der Waals surface area contributed by atoms with Crippen LogP contribution in [0.1, 0.15) is 52.6 Å². The van der Waals surface area contributed by atoms with Crippen molar-refractivity contribution in [3.63, 3.8) is 0 Å². The molecule has 0 radical (unpaired) electrons. The lowest BCUT2D eigenvalue weighted by Gasteiger charge is -2.11. The number of carbonyl (C=O) groups is 2. The summed E-state index contributed by atoms with van der Waals surface area (Å²) < 4.78 is 4.95. The van der Waals surface area contributed by atoms with Crippen LogP contribution in [-0.4, -0.2) is 25.0 Å². The molecule has 1 fully saturated rings. The first-order valence-electron chi connectivity index (χ1n) is 7.17. The number of amides is 1. The number of thiophene rings is 1. The highest BCUT2D eigenvalue weighted by atomic mass is 32.1. The molecule has 0 bridgehead atoms. The number of hydrogen-bond acceptors (Lipinski definition) is 6. The van der Waals surface area contributed by atoms with Gasteiger partial charge in [-0.05, 0) is 25.7 Å². The summed E-state index contributed by atoms with van der Waals surface area (Å²) in [5.74, 6) is -0.551. The molecule has 0 atom stereocenters. The van der Waals surface area contributed by atoms with Gasteiger partial charge in [-0.3, -0.25) is 4.79 Å². The number of nitrogens with two attached hydrogens (primary N) is 2. The number of esters is 1. The van der Waals surface area contributed by atoms with Gasteiger partial charge in [0.15, 0.2) is 0 Å². The molecule has 1 saturated carbocycles. The number of primary amides is 1. The quantitative estimate of drug-likeness (QED) is 0.698. The summed E-state index contributed by atoms with van der Waals surface area (Å²) in [6.07, 6.45) is 4.86. The number of nitrogen functional groups attached to an aromatic ring is 1. The zero-order valence-electron chi connectivity index (χ0n) is 12.1. The molecule has 2 rings (SSSR count). The second kappa shape index (κ2) is 6.80. The van der Waals surface area contributed by atoms with Gasteiger partial charge in [0.25, 0.3) is 5.91 Å². The van der Waals surface area contributed by atoms with Crippen LogP contribution in [0.25, 0.3) is 0 Å². The maximum Gasteiger partial charge on any atom is 0.350 e. The molecule has 0 saturated heterocycles. The zero-order chi connectivity index (χ0) is 15.4. The van der Waals surface area contributed by atoms with Crippen molar-refractivity contribution in [2.24, 2.45) is 11.7 Å². The Hall–Kier alpha value is -1.76. The maximum absolute atomic E-state index is 11.8. The van der Waals surface area contributed by atoms with Crippen LogP contribution in [-0.2, 0) is 4.74 Å². The molecule has 0 aromatic carbocycles. The normalized spacial score (nSPS) is 15.1. The predicted octanol–water partition coefficient (Wildman–Crippen LogP) is 2.21. The molecular formula is C14H21N3O3S. The smallest absolute Gasteiger partial charge is 0.350 e. The molecule has 0 aliphatic heterocycles. The first-order chi connectivity index (χ1) is 10.0. The van der Waals surface area contributed by atoms with E-state index in [1.807, 2.05) is 0 Å². The van der Waals surface area contributed by atoms with Crippen molar-refractivity contribution >= 4 is 33.9 Å². The Kier molecular flexibility index (Phi) is 5.06. The molecule has 0 spiro atoms. The van der Waals surface area contributed by atoms with Crippen LogP contribution in [0.4, 0.5) is 10.7 Å². The summed E-state index contributed by atoms with van der Waals surface area (Å²) in [4.78, 5) is 23.7. The number of hydrogen-bond donors (Lipinski definition) is 3. The fourth-order valence-electron chi connectivity index (χ4n) is 2.61. The first kappa shape index (κ1) is 15.6. The van der Waals surface area contributed by atoms with Crippen LogP contribution in [0.15, 0.2) is 0 Å². The number of nitrogens with one attached hydrogen (secondary N) is 1. The summed E-state index contributed by atoms with van der Waals surface area (Å²) >= 11 is 1.13. The molecular weight excluding hydrogens is 290 g/mol. The fraction of sp³-hybridized carbons (Fsp3) is 0.571. The third kappa shape index (κ3) is 3.47. The molecule has 1 amide bonds. The van der Waals surface area contributed by atoms with Gasteiger partial charge in [0, 0.05) is 6.54 Å². The third-order valence-corrected chi connectivity index (χ3v) is 4.82. The van der Waals surface area contributed by atoms with Gasteiger partial charge in [0.1, 0.15) is 9.88 Å². The maximum atomic E-state index is 11.8. The van der Waals surface area contributed by atoms with E-state index in [0.717, 1.165) is 17.9 Å². The highest BCUT2D eigenvalue weighted by Gasteiger charge is 2.25. The highest BCUT2D eigenvalue weighted by Crippen LogP contribution is 2.36. The van der Waals surface area contributed by atoms with E-state index in [1.165, 1.54) is 25.7 Å². The van der Waals surface area contributed by atoms with Gasteiger partial charge >= 0.3 is 5.97 Å². The Morgan fingerprint density at radius 3 is 2.62 bits per heavy atom. The highest BCUT2D eigenvalue weighted by molar-refractivity contribution is 7.19. The SMILES string of the molecule is CCOC(=O)c1sc(NCC2CCCC2)c(C(N)=O)c1N. The predicted molar refractivity (Wildman–Crippen MR) is 83.7 cm³/mol. The lowest BCUT2D eigenvalue weighted by molar-refractivity contribution is 0.0533. The summed E-state index contributed by atoms with van der Waals surface area (Å²) in [5, 5.41) is 3.79. The van der Waals surface area contributed by atoms with E-state index in [1.54, 1.807) is 6.92 Å². The minimum Gasteiger partial charge on any atom is -0.462 e. The molecule has 1 aromatic rings. The van der Waals surface area contributed by atoms with Crippen LogP contribution in [0, 0.1) is 5.92 Å². The van der Waals surface area contributed by atoms with E-state index in [0.29, 0.717) is 10.9 Å². The minimum atomic E-state index is -0.631. The molecule has 116 valence electrons. The molecule has 21 heavy (non-hydrogen) atoms. The Morgan fingerprint density at radius 1 is 1.38 bits per heavy atom. The number of rotatable bonds is 6. The van der Waals surface area contributed by atoms with Crippen molar-refractivity contribution in [2.45, 2.75) is 32.6 Å².